The molecule has 1 aromatic rings. The van der Waals surface area contributed by atoms with Crippen molar-refractivity contribution in [2.45, 2.75) is 50.9 Å². The van der Waals surface area contributed by atoms with E-state index in [-0.39, 0.29) is 0 Å². The summed E-state index contributed by atoms with van der Waals surface area (Å²) in [7, 11) is 0. The molecule has 19 heavy (non-hydrogen) atoms. The number of benzene rings is 1. The van der Waals surface area contributed by atoms with E-state index in [4.69, 9.17) is 4.74 Å². The molecular formula is C16H23NO2. The maximum atomic E-state index is 9.28. The van der Waals surface area contributed by atoms with Gasteiger partial charge in [0.2, 0.25) is 0 Å². The van der Waals surface area contributed by atoms with E-state index in [2.05, 4.69) is 11.8 Å². The van der Waals surface area contributed by atoms with Crippen LogP contribution in [0.3, 0.4) is 0 Å². The molecule has 0 saturated carbocycles. The Bertz CT molecular complexity index is 405. The van der Waals surface area contributed by atoms with Gasteiger partial charge in [0.05, 0.1) is 12.2 Å². The van der Waals surface area contributed by atoms with Gasteiger partial charge in [-0.05, 0) is 50.3 Å². The molecule has 2 bridgehead atoms. The van der Waals surface area contributed by atoms with Gasteiger partial charge in [-0.1, -0.05) is 12.1 Å². The van der Waals surface area contributed by atoms with Crippen molar-refractivity contribution in [3.8, 4) is 5.75 Å². The summed E-state index contributed by atoms with van der Waals surface area (Å²) in [6.07, 6.45) is 5.69. The van der Waals surface area contributed by atoms with E-state index >= 15 is 0 Å². The Morgan fingerprint density at radius 2 is 1.84 bits per heavy atom. The third kappa shape index (κ3) is 3.10. The predicted octanol–water partition coefficient (Wildman–Crippen LogP) is 2.58. The molecule has 3 rings (SSSR count). The fraction of sp³-hybridized carbons (Fsp3) is 0.625. The van der Waals surface area contributed by atoms with Crippen LogP contribution in [0.5, 0.6) is 5.75 Å². The van der Waals surface area contributed by atoms with E-state index in [1.54, 1.807) is 12.1 Å². The molecule has 3 heteroatoms. The minimum absolute atomic E-state index is 0.349. The number of hydrogen-bond donors (Lipinski definition) is 1. The summed E-state index contributed by atoms with van der Waals surface area (Å²) >= 11 is 0. The first kappa shape index (κ1) is 12.9. The summed E-state index contributed by atoms with van der Waals surface area (Å²) in [5.74, 6) is 0.349. The van der Waals surface area contributed by atoms with E-state index < -0.39 is 0 Å². The molecule has 0 aromatic heterocycles. The van der Waals surface area contributed by atoms with Crippen LogP contribution < -0.4 is 0 Å². The van der Waals surface area contributed by atoms with Crippen LogP contribution in [0.4, 0.5) is 0 Å². The molecule has 3 atom stereocenters. The molecule has 2 aliphatic heterocycles. The van der Waals surface area contributed by atoms with Crippen molar-refractivity contribution < 1.29 is 9.84 Å². The summed E-state index contributed by atoms with van der Waals surface area (Å²) in [6.45, 7) is 4.53. The number of likely N-dealkylation sites (tertiary alicyclic amines) is 1. The lowest BCUT2D eigenvalue weighted by Gasteiger charge is -2.36. The van der Waals surface area contributed by atoms with Crippen LogP contribution in [0.1, 0.15) is 31.7 Å². The van der Waals surface area contributed by atoms with Crippen LogP contribution in [-0.4, -0.2) is 41.3 Å². The van der Waals surface area contributed by atoms with Gasteiger partial charge in [0.15, 0.2) is 0 Å². The molecule has 0 amide bonds. The number of aromatic hydroxyl groups is 1. The number of hydrogen-bond acceptors (Lipinski definition) is 3. The highest BCUT2D eigenvalue weighted by Gasteiger charge is 2.35. The number of morpholine rings is 1. The number of phenolic OH excluding ortho intramolecular Hbond substituents is 1. The highest BCUT2D eigenvalue weighted by atomic mass is 16.5. The van der Waals surface area contributed by atoms with Crippen molar-refractivity contribution in [2.24, 2.45) is 0 Å². The minimum atomic E-state index is 0.349. The second-order valence-corrected chi connectivity index (χ2v) is 5.97. The predicted molar refractivity (Wildman–Crippen MR) is 75.4 cm³/mol. The molecule has 104 valence electrons. The largest absolute Gasteiger partial charge is 0.508 e. The average Bonchev–Trinajstić information content (AvgIpc) is 2.76. The monoisotopic (exact) mass is 261 g/mol. The maximum Gasteiger partial charge on any atom is 0.115 e. The summed E-state index contributed by atoms with van der Waals surface area (Å²) in [5.41, 5.74) is 1.31. The van der Waals surface area contributed by atoms with Gasteiger partial charge in [0.25, 0.3) is 0 Å². The molecule has 2 aliphatic rings. The summed E-state index contributed by atoms with van der Waals surface area (Å²) in [6, 6.07) is 8.20. The fourth-order valence-corrected chi connectivity index (χ4v) is 3.23. The number of rotatable bonds is 4. The summed E-state index contributed by atoms with van der Waals surface area (Å²) in [5, 5.41) is 9.28. The summed E-state index contributed by atoms with van der Waals surface area (Å²) in [4.78, 5) is 2.59. The van der Waals surface area contributed by atoms with Crippen molar-refractivity contribution in [1.82, 2.24) is 4.90 Å². The van der Waals surface area contributed by atoms with Crippen molar-refractivity contribution in [3.63, 3.8) is 0 Å². The van der Waals surface area contributed by atoms with Gasteiger partial charge in [-0.15, -0.1) is 0 Å². The molecule has 1 aromatic carbocycles. The van der Waals surface area contributed by atoms with Crippen molar-refractivity contribution in [3.05, 3.63) is 29.8 Å². The lowest BCUT2D eigenvalue weighted by Crippen LogP contribution is -2.47. The van der Waals surface area contributed by atoms with Gasteiger partial charge in [0.1, 0.15) is 5.75 Å². The number of aryl methyl sites for hydroxylation is 1. The lowest BCUT2D eigenvalue weighted by atomic mass is 10.0. The molecule has 2 fully saturated rings. The van der Waals surface area contributed by atoms with Crippen LogP contribution in [0.2, 0.25) is 0 Å². The van der Waals surface area contributed by atoms with Crippen molar-refractivity contribution >= 4 is 0 Å². The van der Waals surface area contributed by atoms with Gasteiger partial charge < -0.3 is 9.84 Å². The Morgan fingerprint density at radius 1 is 1.21 bits per heavy atom. The molecule has 2 saturated heterocycles. The molecule has 0 radical (unpaired) electrons. The van der Waals surface area contributed by atoms with Crippen molar-refractivity contribution in [2.75, 3.05) is 13.1 Å². The Kier molecular flexibility index (Phi) is 3.76. The Labute approximate surface area is 115 Å². The number of phenols is 1. The SMILES string of the molecule is CC(CCc1ccc(O)cc1)N1CC2CCC(C1)O2. The Hall–Kier alpha value is -1.06. The maximum absolute atomic E-state index is 9.28. The van der Waals surface area contributed by atoms with Gasteiger partial charge in [-0.3, -0.25) is 4.90 Å². The van der Waals surface area contributed by atoms with Crippen molar-refractivity contribution in [1.29, 1.82) is 0 Å². The van der Waals surface area contributed by atoms with Crippen LogP contribution in [0, 0.1) is 0 Å². The van der Waals surface area contributed by atoms with Crippen LogP contribution in [0.15, 0.2) is 24.3 Å². The third-order valence-corrected chi connectivity index (χ3v) is 4.48. The number of ether oxygens (including phenoxy) is 1. The van der Waals surface area contributed by atoms with E-state index in [1.807, 2.05) is 12.1 Å². The van der Waals surface area contributed by atoms with Crippen LogP contribution in [-0.2, 0) is 11.2 Å². The van der Waals surface area contributed by atoms with E-state index in [1.165, 1.54) is 24.8 Å². The van der Waals surface area contributed by atoms with Gasteiger partial charge >= 0.3 is 0 Å². The molecule has 0 aliphatic carbocycles. The zero-order valence-electron chi connectivity index (χ0n) is 11.6. The summed E-state index contributed by atoms with van der Waals surface area (Å²) < 4.78 is 5.88. The topological polar surface area (TPSA) is 32.7 Å². The first-order chi connectivity index (χ1) is 9.20. The number of nitrogens with zero attached hydrogens (tertiary/aromatic N) is 1. The fourth-order valence-electron chi connectivity index (χ4n) is 3.23. The quantitative estimate of drug-likeness (QED) is 0.904. The zero-order chi connectivity index (χ0) is 13.2. The molecule has 3 nitrogen and oxygen atoms in total. The second kappa shape index (κ2) is 5.51. The standard InChI is InChI=1S/C16H23NO2/c1-12(2-3-13-4-6-14(18)7-5-13)17-10-15-8-9-16(11-17)19-15/h4-7,12,15-16,18H,2-3,8-11H2,1H3. The normalized spacial score (nSPS) is 28.5. The molecule has 2 heterocycles. The van der Waals surface area contributed by atoms with Gasteiger partial charge in [-0.25, -0.2) is 0 Å². The van der Waals surface area contributed by atoms with E-state index in [9.17, 15) is 5.11 Å². The van der Waals surface area contributed by atoms with E-state index in [0.29, 0.717) is 24.0 Å². The molecule has 0 spiro atoms. The van der Waals surface area contributed by atoms with Crippen LogP contribution in [0.25, 0.3) is 0 Å². The minimum Gasteiger partial charge on any atom is -0.508 e. The smallest absolute Gasteiger partial charge is 0.115 e. The van der Waals surface area contributed by atoms with Gasteiger partial charge in [-0.2, -0.15) is 0 Å². The lowest BCUT2D eigenvalue weighted by molar-refractivity contribution is -0.0512. The Balaban J connectivity index is 1.51. The molecular weight excluding hydrogens is 238 g/mol. The Morgan fingerprint density at radius 3 is 2.47 bits per heavy atom. The second-order valence-electron chi connectivity index (χ2n) is 5.97. The zero-order valence-corrected chi connectivity index (χ0v) is 11.6. The van der Waals surface area contributed by atoms with E-state index in [0.717, 1.165) is 19.5 Å². The van der Waals surface area contributed by atoms with Gasteiger partial charge in [0, 0.05) is 19.1 Å². The third-order valence-electron chi connectivity index (χ3n) is 4.48. The highest BCUT2D eigenvalue weighted by molar-refractivity contribution is 5.25. The van der Waals surface area contributed by atoms with Crippen LogP contribution >= 0.6 is 0 Å². The molecule has 1 N–H and O–H groups in total. The number of fused-ring (bicyclic) bond motifs is 2. The average molecular weight is 261 g/mol. The first-order valence-corrected chi connectivity index (χ1v) is 7.38. The molecule has 3 unspecified atom stereocenters. The highest BCUT2D eigenvalue weighted by Crippen LogP contribution is 2.28. The first-order valence-electron chi connectivity index (χ1n) is 7.38.